The minimum atomic E-state index is -4.54. The SMILES string of the molecule is N=C(N)c1cc(OC2CCOCC2)ccc1C(F)(F)F. The molecule has 110 valence electrons. The van der Waals surface area contributed by atoms with Crippen LogP contribution in [0, 0.1) is 5.41 Å². The molecule has 0 atom stereocenters. The van der Waals surface area contributed by atoms with Crippen LogP contribution < -0.4 is 10.5 Å². The molecule has 0 spiro atoms. The monoisotopic (exact) mass is 288 g/mol. The molecule has 0 amide bonds. The average Bonchev–Trinajstić information content (AvgIpc) is 2.38. The van der Waals surface area contributed by atoms with Crippen molar-refractivity contribution in [1.29, 1.82) is 5.41 Å². The summed E-state index contributed by atoms with van der Waals surface area (Å²) in [7, 11) is 0. The summed E-state index contributed by atoms with van der Waals surface area (Å²) in [5.74, 6) is -0.343. The zero-order chi connectivity index (χ0) is 14.8. The Hall–Kier alpha value is -1.76. The van der Waals surface area contributed by atoms with Crippen LogP contribution in [-0.4, -0.2) is 25.2 Å². The number of ether oxygens (including phenoxy) is 2. The van der Waals surface area contributed by atoms with Crippen LogP contribution in [0.5, 0.6) is 5.75 Å². The van der Waals surface area contributed by atoms with Crippen molar-refractivity contribution in [3.05, 3.63) is 29.3 Å². The van der Waals surface area contributed by atoms with Crippen LogP contribution in [0.1, 0.15) is 24.0 Å². The van der Waals surface area contributed by atoms with Crippen molar-refractivity contribution in [2.75, 3.05) is 13.2 Å². The molecule has 0 bridgehead atoms. The number of halogens is 3. The first-order valence-electron chi connectivity index (χ1n) is 6.18. The van der Waals surface area contributed by atoms with Gasteiger partial charge in [-0.15, -0.1) is 0 Å². The van der Waals surface area contributed by atoms with Gasteiger partial charge >= 0.3 is 6.18 Å². The molecule has 0 radical (unpaired) electrons. The van der Waals surface area contributed by atoms with Gasteiger partial charge in [0.05, 0.1) is 18.8 Å². The highest BCUT2D eigenvalue weighted by molar-refractivity contribution is 5.97. The highest BCUT2D eigenvalue weighted by Crippen LogP contribution is 2.34. The van der Waals surface area contributed by atoms with Gasteiger partial charge in [-0.25, -0.2) is 0 Å². The summed E-state index contributed by atoms with van der Waals surface area (Å²) in [4.78, 5) is 0. The number of nitrogen functional groups attached to an aromatic ring is 1. The van der Waals surface area contributed by atoms with Crippen molar-refractivity contribution in [2.45, 2.75) is 25.1 Å². The maximum Gasteiger partial charge on any atom is 0.417 e. The van der Waals surface area contributed by atoms with Gasteiger partial charge in [-0.1, -0.05) is 0 Å². The summed E-state index contributed by atoms with van der Waals surface area (Å²) in [6.07, 6.45) is -3.24. The third kappa shape index (κ3) is 3.41. The smallest absolute Gasteiger partial charge is 0.417 e. The minimum absolute atomic E-state index is 0.0831. The molecule has 0 unspecified atom stereocenters. The lowest BCUT2D eigenvalue weighted by Gasteiger charge is -2.24. The first kappa shape index (κ1) is 14.6. The molecule has 1 aliphatic heterocycles. The van der Waals surface area contributed by atoms with Gasteiger partial charge in [-0.2, -0.15) is 13.2 Å². The van der Waals surface area contributed by atoms with Crippen molar-refractivity contribution >= 4 is 5.84 Å². The van der Waals surface area contributed by atoms with E-state index in [2.05, 4.69) is 0 Å². The fourth-order valence-corrected chi connectivity index (χ4v) is 2.05. The summed E-state index contributed by atoms with van der Waals surface area (Å²) in [6, 6.07) is 3.32. The second-order valence-corrected chi connectivity index (χ2v) is 4.55. The van der Waals surface area contributed by atoms with Gasteiger partial charge in [-0.05, 0) is 18.2 Å². The van der Waals surface area contributed by atoms with E-state index in [1.807, 2.05) is 0 Å². The van der Waals surface area contributed by atoms with E-state index in [0.29, 0.717) is 26.1 Å². The van der Waals surface area contributed by atoms with Gasteiger partial charge < -0.3 is 15.2 Å². The molecular weight excluding hydrogens is 273 g/mol. The first-order valence-corrected chi connectivity index (χ1v) is 6.18. The highest BCUT2D eigenvalue weighted by Gasteiger charge is 2.34. The number of alkyl halides is 3. The predicted molar refractivity (Wildman–Crippen MR) is 66.9 cm³/mol. The quantitative estimate of drug-likeness (QED) is 0.663. The Morgan fingerprint density at radius 3 is 2.50 bits per heavy atom. The molecule has 3 N–H and O–H groups in total. The van der Waals surface area contributed by atoms with Crippen LogP contribution in [0.25, 0.3) is 0 Å². The highest BCUT2D eigenvalue weighted by atomic mass is 19.4. The third-order valence-electron chi connectivity index (χ3n) is 3.06. The zero-order valence-electron chi connectivity index (χ0n) is 10.7. The molecule has 0 aliphatic carbocycles. The Labute approximate surface area is 114 Å². The van der Waals surface area contributed by atoms with Gasteiger partial charge in [0.1, 0.15) is 17.7 Å². The third-order valence-corrected chi connectivity index (χ3v) is 3.06. The van der Waals surface area contributed by atoms with E-state index in [9.17, 15) is 13.2 Å². The Kier molecular flexibility index (Phi) is 4.17. The van der Waals surface area contributed by atoms with Crippen molar-refractivity contribution in [1.82, 2.24) is 0 Å². The van der Waals surface area contributed by atoms with Crippen LogP contribution in [0.3, 0.4) is 0 Å². The van der Waals surface area contributed by atoms with Gasteiger partial charge in [0.25, 0.3) is 0 Å². The van der Waals surface area contributed by atoms with Gasteiger partial charge in [0, 0.05) is 18.4 Å². The Morgan fingerprint density at radius 2 is 1.95 bits per heavy atom. The topological polar surface area (TPSA) is 68.3 Å². The Balaban J connectivity index is 2.23. The predicted octanol–water partition coefficient (Wildman–Crippen LogP) is 2.55. The van der Waals surface area contributed by atoms with E-state index in [4.69, 9.17) is 20.6 Å². The standard InChI is InChI=1S/C13H15F3N2O2/c14-13(15,16)11-2-1-9(7-10(11)12(17)18)20-8-3-5-19-6-4-8/h1-2,7-8H,3-6H2,(H3,17,18). The molecule has 1 aromatic carbocycles. The normalized spacial score (nSPS) is 16.9. The van der Waals surface area contributed by atoms with Gasteiger partial charge in [-0.3, -0.25) is 5.41 Å². The maximum atomic E-state index is 12.8. The number of nitrogens with one attached hydrogen (secondary N) is 1. The summed E-state index contributed by atoms with van der Waals surface area (Å²) >= 11 is 0. The van der Waals surface area contributed by atoms with Gasteiger partial charge in [0.2, 0.25) is 0 Å². The molecule has 4 nitrogen and oxygen atoms in total. The molecule has 7 heteroatoms. The van der Waals surface area contributed by atoms with E-state index in [0.717, 1.165) is 6.07 Å². The number of hydrogen-bond donors (Lipinski definition) is 2. The lowest BCUT2D eigenvalue weighted by molar-refractivity contribution is -0.137. The van der Waals surface area contributed by atoms with Crippen LogP contribution in [0.4, 0.5) is 13.2 Å². The number of rotatable bonds is 3. The number of benzene rings is 1. The summed E-state index contributed by atoms with van der Waals surface area (Å²) in [5, 5.41) is 7.27. The van der Waals surface area contributed by atoms with E-state index >= 15 is 0 Å². The van der Waals surface area contributed by atoms with Crippen LogP contribution in [0.2, 0.25) is 0 Å². The van der Waals surface area contributed by atoms with Crippen molar-refractivity contribution in [3.63, 3.8) is 0 Å². The van der Waals surface area contributed by atoms with Gasteiger partial charge in [0.15, 0.2) is 0 Å². The molecular formula is C13H15F3N2O2. The van der Waals surface area contributed by atoms with E-state index in [-0.39, 0.29) is 17.4 Å². The molecule has 0 aromatic heterocycles. The lowest BCUT2D eigenvalue weighted by atomic mass is 10.1. The number of hydrogen-bond acceptors (Lipinski definition) is 3. The molecule has 1 heterocycles. The van der Waals surface area contributed by atoms with Crippen molar-refractivity contribution < 1.29 is 22.6 Å². The molecule has 20 heavy (non-hydrogen) atoms. The van der Waals surface area contributed by atoms with Crippen LogP contribution in [-0.2, 0) is 10.9 Å². The van der Waals surface area contributed by atoms with E-state index < -0.39 is 17.6 Å². The van der Waals surface area contributed by atoms with E-state index in [1.165, 1.54) is 12.1 Å². The fourth-order valence-electron chi connectivity index (χ4n) is 2.05. The van der Waals surface area contributed by atoms with Crippen LogP contribution >= 0.6 is 0 Å². The summed E-state index contributed by atoms with van der Waals surface area (Å²) in [6.45, 7) is 1.15. The molecule has 1 aliphatic rings. The van der Waals surface area contributed by atoms with Crippen LogP contribution in [0.15, 0.2) is 18.2 Å². The molecule has 1 fully saturated rings. The Morgan fingerprint density at radius 1 is 1.30 bits per heavy atom. The summed E-state index contributed by atoms with van der Waals surface area (Å²) < 4.78 is 49.2. The van der Waals surface area contributed by atoms with Crippen molar-refractivity contribution in [2.24, 2.45) is 5.73 Å². The lowest BCUT2D eigenvalue weighted by Crippen LogP contribution is -2.26. The number of nitrogens with two attached hydrogens (primary N) is 1. The zero-order valence-corrected chi connectivity index (χ0v) is 10.7. The summed E-state index contributed by atoms with van der Waals surface area (Å²) in [5.41, 5.74) is 3.94. The van der Waals surface area contributed by atoms with E-state index in [1.54, 1.807) is 0 Å². The molecule has 1 saturated heterocycles. The minimum Gasteiger partial charge on any atom is -0.490 e. The largest absolute Gasteiger partial charge is 0.490 e. The van der Waals surface area contributed by atoms with Crippen molar-refractivity contribution in [3.8, 4) is 5.75 Å². The Bertz CT molecular complexity index is 497. The second-order valence-electron chi connectivity index (χ2n) is 4.55. The fraction of sp³-hybridized carbons (Fsp3) is 0.462. The molecule has 0 saturated carbocycles. The second kappa shape index (κ2) is 5.70. The molecule has 2 rings (SSSR count). The number of amidine groups is 1. The maximum absolute atomic E-state index is 12.8. The first-order chi connectivity index (χ1) is 9.38. The molecule has 1 aromatic rings. The average molecular weight is 288 g/mol.